The molecule has 0 bridgehead atoms. The number of fused-ring (bicyclic) bond motifs is 1. The second kappa shape index (κ2) is 9.76. The highest BCUT2D eigenvalue weighted by Gasteiger charge is 2.24. The van der Waals surface area contributed by atoms with Crippen molar-refractivity contribution in [3.63, 3.8) is 0 Å². The number of aromatic amines is 1. The number of carbonyl (C=O) groups excluding carboxylic acids is 3. The van der Waals surface area contributed by atoms with Crippen molar-refractivity contribution in [3.05, 3.63) is 58.4 Å². The molecule has 4 rings (SSSR count). The first kappa shape index (κ1) is 21.1. The van der Waals surface area contributed by atoms with Crippen LogP contribution in [0.1, 0.15) is 15.4 Å². The molecule has 0 atom stereocenters. The average molecular weight is 440 g/mol. The van der Waals surface area contributed by atoms with Crippen molar-refractivity contribution < 1.29 is 14.4 Å². The Morgan fingerprint density at radius 1 is 1.03 bits per heavy atom. The number of nitrogens with one attached hydrogen (secondary N) is 3. The van der Waals surface area contributed by atoms with Gasteiger partial charge in [-0.05, 0) is 30.0 Å². The van der Waals surface area contributed by atoms with Crippen molar-refractivity contribution in [3.8, 4) is 0 Å². The number of H-pyrrole nitrogens is 1. The molecule has 3 heterocycles. The van der Waals surface area contributed by atoms with E-state index in [4.69, 9.17) is 0 Å². The van der Waals surface area contributed by atoms with E-state index in [0.717, 1.165) is 17.3 Å². The zero-order valence-electron chi connectivity index (χ0n) is 17.1. The summed E-state index contributed by atoms with van der Waals surface area (Å²) in [7, 11) is 0. The van der Waals surface area contributed by atoms with Gasteiger partial charge in [-0.2, -0.15) is 0 Å². The standard InChI is InChI=1S/C22H25N5O3S/c28-20(25-22(30)23-8-7-17-5-3-13-31-17)15-26-9-11-27(12-10-26)21(29)19-14-16-4-1-2-6-18(16)24-19/h1-6,13-14,24H,7-12,15H2,(H2,23,25,28,30). The first-order chi connectivity index (χ1) is 15.1. The maximum absolute atomic E-state index is 12.8. The number of aromatic nitrogens is 1. The highest BCUT2D eigenvalue weighted by Crippen LogP contribution is 2.17. The van der Waals surface area contributed by atoms with Gasteiger partial charge in [-0.3, -0.25) is 19.8 Å². The molecule has 3 aromatic rings. The Bertz CT molecular complexity index is 1020. The summed E-state index contributed by atoms with van der Waals surface area (Å²) in [6, 6.07) is 13.2. The van der Waals surface area contributed by atoms with Gasteiger partial charge in [0, 0.05) is 48.5 Å². The minimum absolute atomic E-state index is 0.0366. The summed E-state index contributed by atoms with van der Waals surface area (Å²) in [6.45, 7) is 2.85. The molecular weight excluding hydrogens is 414 g/mol. The first-order valence-corrected chi connectivity index (χ1v) is 11.2. The summed E-state index contributed by atoms with van der Waals surface area (Å²) >= 11 is 1.64. The Hall–Kier alpha value is -3.17. The molecule has 0 saturated carbocycles. The number of rotatable bonds is 6. The summed E-state index contributed by atoms with van der Waals surface area (Å²) in [5.74, 6) is -0.380. The van der Waals surface area contributed by atoms with Gasteiger partial charge in [0.2, 0.25) is 5.91 Å². The molecule has 0 unspecified atom stereocenters. The molecule has 1 saturated heterocycles. The number of para-hydroxylation sites is 1. The number of imide groups is 1. The van der Waals surface area contributed by atoms with Crippen LogP contribution in [0.5, 0.6) is 0 Å². The van der Waals surface area contributed by atoms with E-state index in [1.165, 1.54) is 4.88 Å². The van der Waals surface area contributed by atoms with Crippen LogP contribution in [0.4, 0.5) is 4.79 Å². The molecule has 3 N–H and O–H groups in total. The zero-order chi connectivity index (χ0) is 21.6. The van der Waals surface area contributed by atoms with Crippen molar-refractivity contribution in [2.75, 3.05) is 39.3 Å². The third kappa shape index (κ3) is 5.50. The van der Waals surface area contributed by atoms with Gasteiger partial charge in [0.05, 0.1) is 6.54 Å². The van der Waals surface area contributed by atoms with E-state index in [1.54, 1.807) is 16.2 Å². The predicted molar refractivity (Wildman–Crippen MR) is 120 cm³/mol. The molecule has 4 amide bonds. The van der Waals surface area contributed by atoms with Crippen LogP contribution in [0.15, 0.2) is 47.8 Å². The molecule has 0 radical (unpaired) electrons. The Balaban J connectivity index is 1.18. The number of urea groups is 1. The maximum Gasteiger partial charge on any atom is 0.321 e. The fourth-order valence-corrected chi connectivity index (χ4v) is 4.34. The van der Waals surface area contributed by atoms with Gasteiger partial charge in [-0.1, -0.05) is 24.3 Å². The van der Waals surface area contributed by atoms with Crippen LogP contribution in [0.2, 0.25) is 0 Å². The van der Waals surface area contributed by atoms with Crippen molar-refractivity contribution in [2.45, 2.75) is 6.42 Å². The number of piperazine rings is 1. The topological polar surface area (TPSA) is 97.5 Å². The molecule has 0 aliphatic carbocycles. The van der Waals surface area contributed by atoms with E-state index in [0.29, 0.717) is 38.4 Å². The molecule has 1 fully saturated rings. The van der Waals surface area contributed by atoms with Crippen molar-refractivity contribution in [1.82, 2.24) is 25.4 Å². The fourth-order valence-electron chi connectivity index (χ4n) is 3.64. The lowest BCUT2D eigenvalue weighted by molar-refractivity contribution is -0.121. The Morgan fingerprint density at radius 3 is 2.58 bits per heavy atom. The van der Waals surface area contributed by atoms with Gasteiger partial charge in [-0.15, -0.1) is 11.3 Å². The largest absolute Gasteiger partial charge is 0.351 e. The van der Waals surface area contributed by atoms with E-state index in [9.17, 15) is 14.4 Å². The molecule has 31 heavy (non-hydrogen) atoms. The summed E-state index contributed by atoms with van der Waals surface area (Å²) in [5.41, 5.74) is 1.52. The van der Waals surface area contributed by atoms with Crippen LogP contribution in [0, 0.1) is 0 Å². The average Bonchev–Trinajstić information content (AvgIpc) is 3.43. The summed E-state index contributed by atoms with van der Waals surface area (Å²) < 4.78 is 0. The Labute approximate surface area is 184 Å². The number of benzene rings is 1. The molecule has 9 heteroatoms. The summed E-state index contributed by atoms with van der Waals surface area (Å²) in [4.78, 5) is 44.9. The van der Waals surface area contributed by atoms with Crippen molar-refractivity contribution >= 4 is 40.1 Å². The lowest BCUT2D eigenvalue weighted by atomic mass is 10.2. The quantitative estimate of drug-likeness (QED) is 0.548. The number of nitrogens with zero attached hydrogens (tertiary/aromatic N) is 2. The molecule has 2 aromatic heterocycles. The number of carbonyl (C=O) groups is 3. The Morgan fingerprint density at radius 2 is 1.84 bits per heavy atom. The van der Waals surface area contributed by atoms with Gasteiger partial charge >= 0.3 is 6.03 Å². The molecule has 8 nitrogen and oxygen atoms in total. The maximum atomic E-state index is 12.8. The highest BCUT2D eigenvalue weighted by molar-refractivity contribution is 7.09. The second-order valence-corrected chi connectivity index (χ2v) is 8.50. The normalized spacial score (nSPS) is 14.5. The van der Waals surface area contributed by atoms with Crippen LogP contribution in [0.3, 0.4) is 0 Å². The van der Waals surface area contributed by atoms with Gasteiger partial charge in [0.1, 0.15) is 5.69 Å². The lowest BCUT2D eigenvalue weighted by Gasteiger charge is -2.34. The molecule has 162 valence electrons. The van der Waals surface area contributed by atoms with E-state index in [-0.39, 0.29) is 18.4 Å². The molecule has 0 spiro atoms. The van der Waals surface area contributed by atoms with Crippen LogP contribution < -0.4 is 10.6 Å². The minimum atomic E-state index is -0.478. The van der Waals surface area contributed by atoms with Crippen molar-refractivity contribution in [2.24, 2.45) is 0 Å². The van der Waals surface area contributed by atoms with Crippen molar-refractivity contribution in [1.29, 1.82) is 0 Å². The molecule has 1 aliphatic heterocycles. The number of amides is 4. The Kier molecular flexibility index (Phi) is 6.63. The second-order valence-electron chi connectivity index (χ2n) is 7.47. The van der Waals surface area contributed by atoms with E-state index < -0.39 is 6.03 Å². The smallest absolute Gasteiger partial charge is 0.321 e. The van der Waals surface area contributed by atoms with Crippen LogP contribution in [-0.2, 0) is 11.2 Å². The van der Waals surface area contributed by atoms with Gasteiger partial charge in [0.15, 0.2) is 0 Å². The number of hydrogen-bond donors (Lipinski definition) is 3. The summed E-state index contributed by atoms with van der Waals surface area (Å²) in [5, 5.41) is 8.07. The highest BCUT2D eigenvalue weighted by atomic mass is 32.1. The number of thiophene rings is 1. The zero-order valence-corrected chi connectivity index (χ0v) is 17.9. The lowest BCUT2D eigenvalue weighted by Crippen LogP contribution is -2.52. The van der Waals surface area contributed by atoms with E-state index in [1.807, 2.05) is 52.7 Å². The third-order valence-corrected chi connectivity index (χ3v) is 6.21. The molecular formula is C22H25N5O3S. The van der Waals surface area contributed by atoms with Gasteiger partial charge < -0.3 is 15.2 Å². The number of hydrogen-bond acceptors (Lipinski definition) is 5. The SMILES string of the molecule is O=C(CN1CCN(C(=O)c2cc3ccccc3[nH]2)CC1)NC(=O)NCCc1cccs1. The van der Waals surface area contributed by atoms with Gasteiger partial charge in [0.25, 0.3) is 5.91 Å². The van der Waals surface area contributed by atoms with Crippen LogP contribution in [-0.4, -0.2) is 71.9 Å². The summed E-state index contributed by atoms with van der Waals surface area (Å²) in [6.07, 6.45) is 0.742. The first-order valence-electron chi connectivity index (χ1n) is 10.3. The monoisotopic (exact) mass is 439 g/mol. The van der Waals surface area contributed by atoms with Crippen LogP contribution in [0.25, 0.3) is 10.9 Å². The molecule has 1 aliphatic rings. The fraction of sp³-hybridized carbons (Fsp3) is 0.318. The van der Waals surface area contributed by atoms with Crippen LogP contribution >= 0.6 is 11.3 Å². The van der Waals surface area contributed by atoms with Gasteiger partial charge in [-0.25, -0.2) is 4.79 Å². The van der Waals surface area contributed by atoms with E-state index in [2.05, 4.69) is 15.6 Å². The van der Waals surface area contributed by atoms with E-state index >= 15 is 0 Å². The molecule has 1 aromatic carbocycles. The third-order valence-electron chi connectivity index (χ3n) is 5.28. The minimum Gasteiger partial charge on any atom is -0.351 e. The predicted octanol–water partition coefficient (Wildman–Crippen LogP) is 2.06.